The van der Waals surface area contributed by atoms with E-state index in [1.807, 2.05) is 6.92 Å². The van der Waals surface area contributed by atoms with Crippen molar-refractivity contribution in [1.82, 2.24) is 10.2 Å². The number of hydrogen-bond acceptors (Lipinski definition) is 4. The highest BCUT2D eigenvalue weighted by Crippen LogP contribution is 2.30. The molecule has 0 saturated carbocycles. The summed E-state index contributed by atoms with van der Waals surface area (Å²) in [4.78, 5) is 28.0. The first kappa shape index (κ1) is 29.1. The lowest BCUT2D eigenvalue weighted by Crippen LogP contribution is -2.51. The second-order valence-corrected chi connectivity index (χ2v) is 11.2. The standard InChI is InChI=1S/C28H31ClFN3O4S/c1-4-16-31-28(35)21(3)32(18-22-11-14-24(30)15-12-22)27(34)19-33(26-17-23(29)13-10-20(26)2)38(36,37)25-8-6-5-7-9-25/h5-15,17,21H,4,16,18-19H2,1-3H3,(H,31,35)/t21-/m1/s1. The first-order valence-electron chi connectivity index (χ1n) is 12.2. The molecular formula is C28H31ClFN3O4S. The lowest BCUT2D eigenvalue weighted by atomic mass is 10.1. The SMILES string of the molecule is CCCNC(=O)[C@@H](C)N(Cc1ccc(F)cc1)C(=O)CN(c1cc(Cl)ccc1C)S(=O)(=O)c1ccccc1. The maximum absolute atomic E-state index is 13.8. The van der Waals surface area contributed by atoms with Crippen LogP contribution in [0.5, 0.6) is 0 Å². The fraction of sp³-hybridized carbons (Fsp3) is 0.286. The summed E-state index contributed by atoms with van der Waals surface area (Å²) in [5, 5.41) is 3.09. The quantitative estimate of drug-likeness (QED) is 0.361. The highest BCUT2D eigenvalue weighted by atomic mass is 35.5. The van der Waals surface area contributed by atoms with Gasteiger partial charge in [-0.1, -0.05) is 54.9 Å². The van der Waals surface area contributed by atoms with Gasteiger partial charge in [0.15, 0.2) is 0 Å². The van der Waals surface area contributed by atoms with Crippen LogP contribution in [0.15, 0.2) is 77.7 Å². The van der Waals surface area contributed by atoms with Crippen LogP contribution in [-0.4, -0.2) is 44.3 Å². The molecule has 38 heavy (non-hydrogen) atoms. The van der Waals surface area contributed by atoms with E-state index >= 15 is 0 Å². The van der Waals surface area contributed by atoms with Gasteiger partial charge < -0.3 is 10.2 Å². The number of amides is 2. The van der Waals surface area contributed by atoms with E-state index in [9.17, 15) is 22.4 Å². The number of carbonyl (C=O) groups is 2. The molecule has 1 N–H and O–H groups in total. The third-order valence-electron chi connectivity index (χ3n) is 6.03. The van der Waals surface area contributed by atoms with Crippen molar-refractivity contribution in [2.45, 2.75) is 44.7 Å². The fourth-order valence-corrected chi connectivity index (χ4v) is 5.51. The van der Waals surface area contributed by atoms with Gasteiger partial charge >= 0.3 is 0 Å². The summed E-state index contributed by atoms with van der Waals surface area (Å²) in [5.74, 6) is -1.41. The molecule has 3 aromatic rings. The number of benzene rings is 3. The number of anilines is 1. The summed E-state index contributed by atoms with van der Waals surface area (Å²) < 4.78 is 42.1. The number of carbonyl (C=O) groups excluding carboxylic acids is 2. The molecule has 0 aliphatic rings. The second-order valence-electron chi connectivity index (χ2n) is 8.87. The molecule has 0 fully saturated rings. The summed E-state index contributed by atoms with van der Waals surface area (Å²) >= 11 is 6.22. The lowest BCUT2D eigenvalue weighted by molar-refractivity contribution is -0.139. The minimum absolute atomic E-state index is 0.00555. The molecule has 10 heteroatoms. The predicted octanol–water partition coefficient (Wildman–Crippen LogP) is 4.93. The summed E-state index contributed by atoms with van der Waals surface area (Å²) in [5.41, 5.74) is 1.44. The van der Waals surface area contributed by atoms with Gasteiger partial charge in [-0.15, -0.1) is 0 Å². The third kappa shape index (κ3) is 7.11. The minimum Gasteiger partial charge on any atom is -0.354 e. The van der Waals surface area contributed by atoms with Crippen molar-refractivity contribution in [3.05, 3.63) is 94.8 Å². The van der Waals surface area contributed by atoms with Crippen LogP contribution in [0.25, 0.3) is 0 Å². The lowest BCUT2D eigenvalue weighted by Gasteiger charge is -2.32. The molecule has 202 valence electrons. The van der Waals surface area contributed by atoms with Crippen molar-refractivity contribution in [3.8, 4) is 0 Å². The Morgan fingerprint density at radius 2 is 1.68 bits per heavy atom. The molecule has 0 unspecified atom stereocenters. The molecule has 0 saturated heterocycles. The Balaban J connectivity index is 2.04. The van der Waals surface area contributed by atoms with E-state index in [-0.39, 0.29) is 23.0 Å². The molecule has 3 aromatic carbocycles. The summed E-state index contributed by atoms with van der Waals surface area (Å²) in [6, 6.07) is 17.2. The van der Waals surface area contributed by atoms with Gasteiger partial charge in [0.1, 0.15) is 18.4 Å². The Kier molecular flexibility index (Phi) is 9.88. The normalized spacial score (nSPS) is 12.0. The summed E-state index contributed by atoms with van der Waals surface area (Å²) in [6.07, 6.45) is 0.710. The van der Waals surface area contributed by atoms with Crippen molar-refractivity contribution < 1.29 is 22.4 Å². The molecular weight excluding hydrogens is 529 g/mol. The van der Waals surface area contributed by atoms with Gasteiger partial charge in [-0.25, -0.2) is 12.8 Å². The Bertz CT molecular complexity index is 1370. The van der Waals surface area contributed by atoms with E-state index < -0.39 is 34.3 Å². The maximum atomic E-state index is 13.8. The first-order chi connectivity index (χ1) is 18.0. The van der Waals surface area contributed by atoms with Crippen molar-refractivity contribution in [2.75, 3.05) is 17.4 Å². The number of aryl methyl sites for hydroxylation is 1. The van der Waals surface area contributed by atoms with Crippen molar-refractivity contribution in [3.63, 3.8) is 0 Å². The van der Waals surface area contributed by atoms with Gasteiger partial charge in [0.05, 0.1) is 10.6 Å². The van der Waals surface area contributed by atoms with Gasteiger partial charge in [0, 0.05) is 18.1 Å². The van der Waals surface area contributed by atoms with Gasteiger partial charge in [-0.2, -0.15) is 0 Å². The van der Waals surface area contributed by atoms with Crippen LogP contribution in [-0.2, 0) is 26.2 Å². The highest BCUT2D eigenvalue weighted by molar-refractivity contribution is 7.92. The molecule has 0 heterocycles. The van der Waals surface area contributed by atoms with Crippen LogP contribution in [0, 0.1) is 12.7 Å². The molecule has 0 aliphatic heterocycles. The smallest absolute Gasteiger partial charge is 0.264 e. The van der Waals surface area contributed by atoms with Crippen LogP contribution in [0.4, 0.5) is 10.1 Å². The number of nitrogens with zero attached hydrogens (tertiary/aromatic N) is 2. The predicted molar refractivity (Wildman–Crippen MR) is 147 cm³/mol. The van der Waals surface area contributed by atoms with Crippen molar-refractivity contribution in [1.29, 1.82) is 0 Å². The van der Waals surface area contributed by atoms with Gasteiger partial charge in [0.25, 0.3) is 10.0 Å². The highest BCUT2D eigenvalue weighted by Gasteiger charge is 2.33. The molecule has 0 aromatic heterocycles. The average Bonchev–Trinajstić information content (AvgIpc) is 2.91. The van der Waals surface area contributed by atoms with E-state index in [0.29, 0.717) is 29.1 Å². The van der Waals surface area contributed by atoms with Gasteiger partial charge in [0.2, 0.25) is 11.8 Å². The number of nitrogens with one attached hydrogen (secondary N) is 1. The van der Waals surface area contributed by atoms with Crippen LogP contribution < -0.4 is 9.62 Å². The number of halogens is 2. The zero-order valence-electron chi connectivity index (χ0n) is 21.5. The van der Waals surface area contributed by atoms with Crippen LogP contribution in [0.1, 0.15) is 31.4 Å². The van der Waals surface area contributed by atoms with Crippen molar-refractivity contribution >= 4 is 39.1 Å². The van der Waals surface area contributed by atoms with Crippen LogP contribution in [0.3, 0.4) is 0 Å². The largest absolute Gasteiger partial charge is 0.354 e. The monoisotopic (exact) mass is 559 g/mol. The topological polar surface area (TPSA) is 86.8 Å². The molecule has 0 radical (unpaired) electrons. The second kappa shape index (κ2) is 12.9. The third-order valence-corrected chi connectivity index (χ3v) is 8.04. The molecule has 1 atom stereocenters. The van der Waals surface area contributed by atoms with E-state index in [0.717, 1.165) is 4.31 Å². The average molecular weight is 560 g/mol. The first-order valence-corrected chi connectivity index (χ1v) is 14.0. The zero-order valence-corrected chi connectivity index (χ0v) is 23.1. The summed E-state index contributed by atoms with van der Waals surface area (Å²) in [6.45, 7) is 5.04. The molecule has 0 bridgehead atoms. The Labute approximate surface area is 228 Å². The van der Waals surface area contributed by atoms with E-state index in [2.05, 4.69) is 5.32 Å². The van der Waals surface area contributed by atoms with Gasteiger partial charge in [-0.3, -0.25) is 13.9 Å². The van der Waals surface area contributed by atoms with E-state index in [1.165, 1.54) is 47.4 Å². The van der Waals surface area contributed by atoms with E-state index in [4.69, 9.17) is 11.6 Å². The number of sulfonamides is 1. The number of hydrogen-bond donors (Lipinski definition) is 1. The molecule has 2 amide bonds. The molecule has 3 rings (SSSR count). The zero-order chi connectivity index (χ0) is 27.9. The minimum atomic E-state index is -4.18. The summed E-state index contributed by atoms with van der Waals surface area (Å²) in [7, 11) is -4.18. The van der Waals surface area contributed by atoms with Crippen LogP contribution >= 0.6 is 11.6 Å². The Morgan fingerprint density at radius 3 is 2.32 bits per heavy atom. The van der Waals surface area contributed by atoms with Crippen LogP contribution in [0.2, 0.25) is 5.02 Å². The number of rotatable bonds is 11. The Hall–Kier alpha value is -3.43. The maximum Gasteiger partial charge on any atom is 0.264 e. The molecule has 0 spiro atoms. The fourth-order valence-electron chi connectivity index (χ4n) is 3.85. The molecule has 7 nitrogen and oxygen atoms in total. The van der Waals surface area contributed by atoms with Crippen molar-refractivity contribution in [2.24, 2.45) is 0 Å². The van der Waals surface area contributed by atoms with E-state index in [1.54, 1.807) is 44.2 Å². The molecule has 0 aliphatic carbocycles. The Morgan fingerprint density at radius 1 is 1.03 bits per heavy atom. The van der Waals surface area contributed by atoms with Gasteiger partial charge in [-0.05, 0) is 67.8 Å².